The zero-order valence-electron chi connectivity index (χ0n) is 12.4. The molecular weight excluding hydrogens is 282 g/mol. The summed E-state index contributed by atoms with van der Waals surface area (Å²) in [6.45, 7) is 1.37. The van der Waals surface area contributed by atoms with Crippen molar-refractivity contribution in [3.63, 3.8) is 0 Å². The Labute approximate surface area is 128 Å². The lowest BCUT2D eigenvalue weighted by Crippen LogP contribution is -2.49. The summed E-state index contributed by atoms with van der Waals surface area (Å²) in [5.74, 6) is 2.54. The summed E-state index contributed by atoms with van der Waals surface area (Å²) in [7, 11) is 1.62. The minimum absolute atomic E-state index is 0.152. The van der Waals surface area contributed by atoms with Crippen LogP contribution in [0.15, 0.2) is 28.8 Å². The van der Waals surface area contributed by atoms with E-state index in [1.807, 2.05) is 29.2 Å². The number of hydrogen-bond donors (Lipinski definition) is 0. The molecule has 1 aliphatic heterocycles. The van der Waals surface area contributed by atoms with Crippen molar-refractivity contribution >= 4 is 5.91 Å². The fourth-order valence-electron chi connectivity index (χ4n) is 2.74. The molecule has 2 aliphatic rings. The molecule has 4 rings (SSSR count). The largest absolute Gasteiger partial charge is 0.496 e. The molecule has 2 heterocycles. The van der Waals surface area contributed by atoms with Gasteiger partial charge in [0.25, 0.3) is 0 Å². The predicted molar refractivity (Wildman–Crippen MR) is 78.3 cm³/mol. The molecule has 2 fully saturated rings. The van der Waals surface area contributed by atoms with E-state index in [1.54, 1.807) is 7.11 Å². The van der Waals surface area contributed by atoms with Crippen LogP contribution in [0.1, 0.15) is 24.7 Å². The maximum Gasteiger partial charge on any atom is 0.233 e. The molecule has 2 aromatic rings. The van der Waals surface area contributed by atoms with E-state index in [1.165, 1.54) is 0 Å². The van der Waals surface area contributed by atoms with E-state index in [-0.39, 0.29) is 17.7 Å². The smallest absolute Gasteiger partial charge is 0.233 e. The molecule has 1 aromatic heterocycles. The molecule has 6 nitrogen and oxygen atoms in total. The molecule has 0 N–H and O–H groups in total. The number of ether oxygens (including phenoxy) is 1. The average Bonchev–Trinajstić information content (AvgIpc) is 3.25. The Balaban J connectivity index is 1.47. The van der Waals surface area contributed by atoms with Crippen LogP contribution in [-0.2, 0) is 4.79 Å². The van der Waals surface area contributed by atoms with Crippen molar-refractivity contribution in [2.24, 2.45) is 5.92 Å². The second kappa shape index (κ2) is 5.12. The summed E-state index contributed by atoms with van der Waals surface area (Å²) in [6.07, 6.45) is 2.08. The number of benzene rings is 1. The van der Waals surface area contributed by atoms with Crippen molar-refractivity contribution in [1.29, 1.82) is 0 Å². The molecule has 114 valence electrons. The standard InChI is InChI=1S/C16H17N3O3/c1-21-13-5-3-2-4-12(13)14-17-15(22-18-14)11-8-19(9-11)16(20)10-6-7-10/h2-5,10-11H,6-9H2,1H3. The highest BCUT2D eigenvalue weighted by atomic mass is 16.5. The number of nitrogens with zero attached hydrogens (tertiary/aromatic N) is 3. The number of methoxy groups -OCH3 is 1. The number of carbonyl (C=O) groups excluding carboxylic acids is 1. The predicted octanol–water partition coefficient (Wildman–Crippen LogP) is 2.08. The first kappa shape index (κ1) is 13.3. The van der Waals surface area contributed by atoms with Crippen molar-refractivity contribution in [2.45, 2.75) is 18.8 Å². The molecule has 6 heteroatoms. The fraction of sp³-hybridized carbons (Fsp3) is 0.438. The molecule has 0 unspecified atom stereocenters. The van der Waals surface area contributed by atoms with Gasteiger partial charge in [-0.05, 0) is 25.0 Å². The van der Waals surface area contributed by atoms with E-state index in [2.05, 4.69) is 10.1 Å². The number of hydrogen-bond acceptors (Lipinski definition) is 5. The Bertz CT molecular complexity index is 702. The number of likely N-dealkylation sites (tertiary alicyclic amines) is 1. The first-order valence-electron chi connectivity index (χ1n) is 7.52. The molecule has 1 saturated heterocycles. The van der Waals surface area contributed by atoms with Crippen LogP contribution in [0.25, 0.3) is 11.4 Å². The monoisotopic (exact) mass is 299 g/mol. The number of para-hydroxylation sites is 1. The van der Waals surface area contributed by atoms with Gasteiger partial charge in [0.15, 0.2) is 0 Å². The lowest BCUT2D eigenvalue weighted by molar-refractivity contribution is -0.137. The summed E-state index contributed by atoms with van der Waals surface area (Å²) in [5, 5.41) is 4.05. The molecule has 0 atom stereocenters. The SMILES string of the molecule is COc1ccccc1-c1noc(C2CN(C(=O)C3CC3)C2)n1. The topological polar surface area (TPSA) is 68.5 Å². The van der Waals surface area contributed by atoms with Gasteiger partial charge in [-0.25, -0.2) is 0 Å². The Hall–Kier alpha value is -2.37. The van der Waals surface area contributed by atoms with Crippen LogP contribution in [0.3, 0.4) is 0 Å². The van der Waals surface area contributed by atoms with Gasteiger partial charge in [0.1, 0.15) is 5.75 Å². The number of rotatable bonds is 4. The van der Waals surface area contributed by atoms with Crippen molar-refractivity contribution in [2.75, 3.05) is 20.2 Å². The van der Waals surface area contributed by atoms with Crippen LogP contribution in [-0.4, -0.2) is 41.1 Å². The van der Waals surface area contributed by atoms with Crippen LogP contribution < -0.4 is 4.74 Å². The van der Waals surface area contributed by atoms with E-state index in [9.17, 15) is 4.79 Å². The highest BCUT2D eigenvalue weighted by molar-refractivity contribution is 5.82. The average molecular weight is 299 g/mol. The first-order chi connectivity index (χ1) is 10.8. The summed E-state index contributed by atoms with van der Waals surface area (Å²) in [4.78, 5) is 18.3. The Kier molecular flexibility index (Phi) is 3.10. The van der Waals surface area contributed by atoms with Crippen LogP contribution >= 0.6 is 0 Å². The van der Waals surface area contributed by atoms with Gasteiger partial charge in [-0.1, -0.05) is 17.3 Å². The van der Waals surface area contributed by atoms with Gasteiger partial charge in [-0.15, -0.1) is 0 Å². The summed E-state index contributed by atoms with van der Waals surface area (Å²) < 4.78 is 10.7. The van der Waals surface area contributed by atoms with Gasteiger partial charge in [0.05, 0.1) is 18.6 Å². The quantitative estimate of drug-likeness (QED) is 0.864. The number of carbonyl (C=O) groups is 1. The molecule has 0 radical (unpaired) electrons. The van der Waals surface area contributed by atoms with Gasteiger partial charge >= 0.3 is 0 Å². The summed E-state index contributed by atoms with van der Waals surface area (Å²) >= 11 is 0. The second-order valence-corrected chi connectivity index (χ2v) is 5.87. The van der Waals surface area contributed by atoms with Crippen molar-refractivity contribution in [3.05, 3.63) is 30.2 Å². The van der Waals surface area contributed by atoms with Crippen LogP contribution in [0.2, 0.25) is 0 Å². The highest BCUT2D eigenvalue weighted by Gasteiger charge is 2.41. The third-order valence-corrected chi connectivity index (χ3v) is 4.26. The maximum atomic E-state index is 11.9. The van der Waals surface area contributed by atoms with Crippen LogP contribution in [0.5, 0.6) is 5.75 Å². The molecule has 1 amide bonds. The van der Waals surface area contributed by atoms with Gasteiger partial charge < -0.3 is 14.2 Å². The zero-order chi connectivity index (χ0) is 15.1. The molecule has 0 bridgehead atoms. The highest BCUT2D eigenvalue weighted by Crippen LogP contribution is 2.36. The first-order valence-corrected chi connectivity index (χ1v) is 7.52. The third-order valence-electron chi connectivity index (χ3n) is 4.26. The molecule has 1 aliphatic carbocycles. The van der Waals surface area contributed by atoms with Crippen LogP contribution in [0, 0.1) is 5.92 Å². The summed E-state index contributed by atoms with van der Waals surface area (Å²) in [5.41, 5.74) is 0.810. The minimum Gasteiger partial charge on any atom is -0.496 e. The molecular formula is C16H17N3O3. The van der Waals surface area contributed by atoms with Crippen molar-refractivity contribution in [1.82, 2.24) is 15.0 Å². The second-order valence-electron chi connectivity index (χ2n) is 5.87. The van der Waals surface area contributed by atoms with Crippen molar-refractivity contribution in [3.8, 4) is 17.1 Å². The normalized spacial score (nSPS) is 18.1. The fourth-order valence-corrected chi connectivity index (χ4v) is 2.74. The van der Waals surface area contributed by atoms with E-state index in [0.717, 1.165) is 18.4 Å². The molecule has 1 aromatic carbocycles. The third kappa shape index (κ3) is 2.24. The maximum absolute atomic E-state index is 11.9. The van der Waals surface area contributed by atoms with E-state index >= 15 is 0 Å². The zero-order valence-corrected chi connectivity index (χ0v) is 12.4. The van der Waals surface area contributed by atoms with Crippen molar-refractivity contribution < 1.29 is 14.1 Å². The van der Waals surface area contributed by atoms with E-state index in [4.69, 9.17) is 9.26 Å². The van der Waals surface area contributed by atoms with Gasteiger partial charge in [0, 0.05) is 19.0 Å². The lowest BCUT2D eigenvalue weighted by atomic mass is 9.99. The van der Waals surface area contributed by atoms with E-state index < -0.39 is 0 Å². The number of amides is 1. The molecule has 22 heavy (non-hydrogen) atoms. The summed E-state index contributed by atoms with van der Waals surface area (Å²) in [6, 6.07) is 7.58. The van der Waals surface area contributed by atoms with Gasteiger partial charge in [-0.2, -0.15) is 4.98 Å². The minimum atomic E-state index is 0.152. The van der Waals surface area contributed by atoms with Gasteiger partial charge in [0.2, 0.25) is 17.6 Å². The lowest BCUT2D eigenvalue weighted by Gasteiger charge is -2.37. The van der Waals surface area contributed by atoms with Crippen LogP contribution in [0.4, 0.5) is 0 Å². The Morgan fingerprint density at radius 1 is 1.32 bits per heavy atom. The Morgan fingerprint density at radius 2 is 2.09 bits per heavy atom. The molecule has 1 saturated carbocycles. The van der Waals surface area contributed by atoms with Gasteiger partial charge in [-0.3, -0.25) is 4.79 Å². The Morgan fingerprint density at radius 3 is 2.82 bits per heavy atom. The molecule has 0 spiro atoms. The van der Waals surface area contributed by atoms with E-state index in [0.29, 0.717) is 30.6 Å². The number of aromatic nitrogens is 2.